The molecule has 16 atom stereocenters. The molecule has 0 unspecified atom stereocenters. The molecule has 18 heteroatoms. The smallest absolute Gasteiger partial charge is 0.309 e. The standard InChI is InChI=1S/C50H78N2O16/c1-12-39(57)65-37-26-41(59)62-30(4)21-23-52(38(56)20-19-34-17-15-14-16-18-34)28-36(55)29(3)25-35(22-24-53)43(47(37)61-11)48-45(60)44(51(9)10)46(31(5)64-48)67-42-27-50(8,68-33(7)54)49(32(6)63-42)66-40(58)13-2/h14-18,24,29-32,35-37,42-49,55,60H,12-13,19-23,25-28H2,1-11H3/t29-,30-,31-,32+,35+,36+,37-,42+,43+,44-,45-,46-,47-,48+,49+,50-/m1/s1. The Kier molecular flexibility index (Phi) is 21.8. The molecule has 0 radical (unpaired) electrons. The molecule has 1 amide bonds. The Balaban J connectivity index is 1.75. The number of likely N-dealkylation sites (N-methyl/N-ethyl adjacent to an activating group) is 1. The summed E-state index contributed by atoms with van der Waals surface area (Å²) in [4.78, 5) is 81.8. The average Bonchev–Trinajstić information content (AvgIpc) is 3.27. The average molecular weight is 963 g/mol. The predicted molar refractivity (Wildman–Crippen MR) is 247 cm³/mol. The van der Waals surface area contributed by atoms with Crippen molar-refractivity contribution in [2.45, 2.75) is 192 Å². The van der Waals surface area contributed by atoms with E-state index >= 15 is 0 Å². The van der Waals surface area contributed by atoms with Gasteiger partial charge in [0.25, 0.3) is 0 Å². The van der Waals surface area contributed by atoms with Crippen molar-refractivity contribution in [2.75, 3.05) is 34.3 Å². The SMILES string of the molecule is CCC(=O)O[C@@H]1CC(=O)O[C@H](C)CCN(C(=O)CCc2ccccc2)C[C@H](O)[C@H](C)C[C@H](CC=O)[C@H]([C@@H]2O[C@H](C)[C@@H](O[C@H]3C[C@@](C)(OC(C)=O)[C@@H](OC(=O)CC)[C@H](C)O3)[C@H](N(C)C)[C@H]2O)[C@@H]1OC. The first-order chi connectivity index (χ1) is 32.2. The lowest BCUT2D eigenvalue weighted by atomic mass is 9.71. The second-order valence-electron chi connectivity index (χ2n) is 19.2. The van der Waals surface area contributed by atoms with Gasteiger partial charge in [0.15, 0.2) is 18.0 Å². The predicted octanol–water partition coefficient (Wildman–Crippen LogP) is 3.96. The van der Waals surface area contributed by atoms with Gasteiger partial charge in [0, 0.05) is 71.6 Å². The zero-order valence-electron chi connectivity index (χ0n) is 41.9. The molecule has 1 aromatic rings. The van der Waals surface area contributed by atoms with Crippen LogP contribution >= 0.6 is 0 Å². The topological polar surface area (TPSA) is 223 Å². The number of benzene rings is 1. The summed E-state index contributed by atoms with van der Waals surface area (Å²) in [6.45, 7) is 13.3. The van der Waals surface area contributed by atoms with Crippen LogP contribution in [0.2, 0.25) is 0 Å². The van der Waals surface area contributed by atoms with Gasteiger partial charge in [-0.25, -0.2) is 0 Å². The van der Waals surface area contributed by atoms with E-state index in [4.69, 9.17) is 37.9 Å². The molecule has 0 aliphatic carbocycles. The first kappa shape index (κ1) is 56.5. The van der Waals surface area contributed by atoms with Crippen LogP contribution in [0, 0.1) is 17.8 Å². The van der Waals surface area contributed by atoms with Crippen molar-refractivity contribution in [3.63, 3.8) is 0 Å². The molecule has 18 nitrogen and oxygen atoms in total. The maximum Gasteiger partial charge on any atom is 0.309 e. The van der Waals surface area contributed by atoms with Crippen LogP contribution in [0.4, 0.5) is 0 Å². The number of aliphatic hydroxyl groups is 2. The summed E-state index contributed by atoms with van der Waals surface area (Å²) in [6, 6.07) is 8.77. The number of rotatable bonds is 15. The summed E-state index contributed by atoms with van der Waals surface area (Å²) in [5.74, 6) is -4.81. The quantitative estimate of drug-likeness (QED) is 0.144. The van der Waals surface area contributed by atoms with Crippen molar-refractivity contribution >= 4 is 36.1 Å². The van der Waals surface area contributed by atoms with Gasteiger partial charge in [0.2, 0.25) is 5.91 Å². The summed E-state index contributed by atoms with van der Waals surface area (Å²) in [6.07, 6.45) is -9.82. The number of aryl methyl sites for hydroxylation is 1. The minimum Gasteiger partial charge on any atom is -0.462 e. The number of hydrogen-bond donors (Lipinski definition) is 2. The van der Waals surface area contributed by atoms with Gasteiger partial charge < -0.3 is 62.7 Å². The van der Waals surface area contributed by atoms with Gasteiger partial charge >= 0.3 is 23.9 Å². The maximum atomic E-state index is 13.8. The van der Waals surface area contributed by atoms with Crippen molar-refractivity contribution in [3.8, 4) is 0 Å². The van der Waals surface area contributed by atoms with Crippen molar-refractivity contribution in [1.82, 2.24) is 9.80 Å². The Morgan fingerprint density at radius 1 is 0.956 bits per heavy atom. The Labute approximate surface area is 401 Å². The van der Waals surface area contributed by atoms with Crippen LogP contribution in [0.1, 0.15) is 112 Å². The zero-order chi connectivity index (χ0) is 50.5. The molecule has 0 spiro atoms. The third-order valence-corrected chi connectivity index (χ3v) is 13.6. The molecule has 0 aromatic heterocycles. The van der Waals surface area contributed by atoms with Gasteiger partial charge in [0.1, 0.15) is 30.7 Å². The summed E-state index contributed by atoms with van der Waals surface area (Å²) in [5, 5.41) is 24.6. The van der Waals surface area contributed by atoms with E-state index in [-0.39, 0.29) is 63.9 Å². The van der Waals surface area contributed by atoms with Crippen LogP contribution in [0.3, 0.4) is 0 Å². The highest BCUT2D eigenvalue weighted by molar-refractivity contribution is 5.76. The molecule has 0 bridgehead atoms. The van der Waals surface area contributed by atoms with Crippen LogP contribution in [0.25, 0.3) is 0 Å². The van der Waals surface area contributed by atoms with E-state index in [9.17, 15) is 39.0 Å². The van der Waals surface area contributed by atoms with E-state index < -0.39 is 127 Å². The molecular weight excluding hydrogens is 885 g/mol. The van der Waals surface area contributed by atoms with Crippen molar-refractivity contribution in [1.29, 1.82) is 0 Å². The summed E-state index contributed by atoms with van der Waals surface area (Å²) in [7, 11) is 4.91. The number of hydrogen-bond acceptors (Lipinski definition) is 17. The lowest BCUT2D eigenvalue weighted by Crippen LogP contribution is -2.67. The van der Waals surface area contributed by atoms with E-state index in [1.165, 1.54) is 14.0 Å². The summed E-state index contributed by atoms with van der Waals surface area (Å²) >= 11 is 0. The van der Waals surface area contributed by atoms with Gasteiger partial charge in [-0.2, -0.15) is 0 Å². The van der Waals surface area contributed by atoms with Crippen LogP contribution in [0.5, 0.6) is 0 Å². The van der Waals surface area contributed by atoms with E-state index in [1.807, 2.05) is 37.3 Å². The minimum absolute atomic E-state index is 0.0280. The van der Waals surface area contributed by atoms with E-state index in [1.54, 1.807) is 65.4 Å². The van der Waals surface area contributed by atoms with Crippen molar-refractivity contribution in [2.24, 2.45) is 17.8 Å². The number of aldehydes is 1. The largest absolute Gasteiger partial charge is 0.462 e. The highest BCUT2D eigenvalue weighted by atomic mass is 16.7. The number of carbonyl (C=O) groups is 6. The second kappa shape index (κ2) is 26.2. The fourth-order valence-corrected chi connectivity index (χ4v) is 10.1. The molecule has 68 heavy (non-hydrogen) atoms. The number of aliphatic hydroxyl groups excluding tert-OH is 2. The number of methoxy groups -OCH3 is 1. The van der Waals surface area contributed by atoms with Crippen LogP contribution in [-0.4, -0.2) is 169 Å². The van der Waals surface area contributed by atoms with Crippen LogP contribution in [-0.2, 0) is 73.1 Å². The fourth-order valence-electron chi connectivity index (χ4n) is 10.1. The minimum atomic E-state index is -1.39. The Hall–Kier alpha value is -4.04. The monoisotopic (exact) mass is 963 g/mol. The highest BCUT2D eigenvalue weighted by Gasteiger charge is 2.56. The number of nitrogens with zero attached hydrogens (tertiary/aromatic N) is 2. The van der Waals surface area contributed by atoms with Crippen LogP contribution < -0.4 is 0 Å². The molecule has 2 N–H and O–H groups in total. The molecular formula is C50H78N2O16. The van der Waals surface area contributed by atoms with Gasteiger partial charge in [0.05, 0.1) is 43.0 Å². The van der Waals surface area contributed by atoms with Crippen molar-refractivity contribution in [3.05, 3.63) is 35.9 Å². The molecule has 3 saturated heterocycles. The summed E-state index contributed by atoms with van der Waals surface area (Å²) < 4.78 is 49.3. The van der Waals surface area contributed by atoms with Crippen LogP contribution in [0.15, 0.2) is 30.3 Å². The Morgan fingerprint density at radius 3 is 2.22 bits per heavy atom. The van der Waals surface area contributed by atoms with Gasteiger partial charge in [-0.3, -0.25) is 24.0 Å². The Morgan fingerprint density at radius 2 is 1.62 bits per heavy atom. The number of amides is 1. The third kappa shape index (κ3) is 15.2. The van der Waals surface area contributed by atoms with Crippen molar-refractivity contribution < 1.29 is 76.9 Å². The Bertz CT molecular complexity index is 1800. The molecule has 4 rings (SSSR count). The zero-order valence-corrected chi connectivity index (χ0v) is 41.9. The first-order valence-electron chi connectivity index (χ1n) is 24.2. The summed E-state index contributed by atoms with van der Waals surface area (Å²) in [5.41, 5.74) is -0.355. The molecule has 384 valence electrons. The first-order valence-corrected chi connectivity index (χ1v) is 24.2. The van der Waals surface area contributed by atoms with Gasteiger partial charge in [-0.05, 0) is 72.0 Å². The third-order valence-electron chi connectivity index (χ3n) is 13.6. The second-order valence-corrected chi connectivity index (χ2v) is 19.2. The molecule has 0 saturated carbocycles. The number of esters is 4. The molecule has 3 fully saturated rings. The molecule has 1 aromatic carbocycles. The number of carbonyl (C=O) groups excluding carboxylic acids is 6. The van der Waals surface area contributed by atoms with Gasteiger partial charge in [-0.1, -0.05) is 51.1 Å². The molecule has 3 aliphatic heterocycles. The number of β-amino-alcohol motifs (C(OH)–C–C–N with tert-alkyl or cyclic N) is 1. The normalized spacial score (nSPS) is 35.5. The molecule has 3 aliphatic rings. The number of cyclic esters (lactones) is 1. The fraction of sp³-hybridized carbons (Fsp3) is 0.760. The highest BCUT2D eigenvalue weighted by Crippen LogP contribution is 2.43. The lowest BCUT2D eigenvalue weighted by Gasteiger charge is -2.53. The van der Waals surface area contributed by atoms with Gasteiger partial charge in [-0.15, -0.1) is 0 Å². The van der Waals surface area contributed by atoms with E-state index in [2.05, 4.69) is 0 Å². The van der Waals surface area contributed by atoms with E-state index in [0.29, 0.717) is 6.42 Å². The number of ether oxygens (including phenoxy) is 8. The maximum absolute atomic E-state index is 13.8. The van der Waals surface area contributed by atoms with E-state index in [0.717, 1.165) is 11.8 Å². The lowest BCUT2D eigenvalue weighted by molar-refractivity contribution is -0.319. The molecule has 3 heterocycles.